The van der Waals surface area contributed by atoms with Gasteiger partial charge in [-0.3, -0.25) is 4.79 Å². The zero-order valence-corrected chi connectivity index (χ0v) is 11.9. The maximum absolute atomic E-state index is 12.1. The Labute approximate surface area is 122 Å². The first kappa shape index (κ1) is 14.3. The Hall–Kier alpha value is -1.63. The van der Waals surface area contributed by atoms with Gasteiger partial charge in [-0.15, -0.1) is 0 Å². The molecule has 0 aliphatic carbocycles. The van der Waals surface area contributed by atoms with Gasteiger partial charge < -0.3 is 23.7 Å². The van der Waals surface area contributed by atoms with Crippen molar-refractivity contribution >= 4 is 5.78 Å². The number of carbonyl (C=O) groups excluding carboxylic acids is 1. The normalized spacial score (nSPS) is 18.8. The molecule has 0 saturated carbocycles. The zero-order valence-electron chi connectivity index (χ0n) is 11.9. The van der Waals surface area contributed by atoms with Crippen LogP contribution in [0.1, 0.15) is 16.8 Å². The van der Waals surface area contributed by atoms with Crippen LogP contribution in [0.3, 0.4) is 0 Å². The van der Waals surface area contributed by atoms with E-state index in [1.165, 1.54) is 0 Å². The molecule has 0 aromatic heterocycles. The van der Waals surface area contributed by atoms with Crippen LogP contribution in [0.5, 0.6) is 11.5 Å². The van der Waals surface area contributed by atoms with Gasteiger partial charge in [0.1, 0.15) is 11.5 Å². The SMILES string of the molecule is COCCOCOc1ccc2c(c1)OC1(COC1)CC2=O. The second-order valence-electron chi connectivity index (χ2n) is 5.20. The number of fused-ring (bicyclic) bond motifs is 1. The highest BCUT2D eigenvalue weighted by molar-refractivity contribution is 6.00. The van der Waals surface area contributed by atoms with E-state index in [4.69, 9.17) is 23.7 Å². The Morgan fingerprint density at radius 1 is 1.29 bits per heavy atom. The van der Waals surface area contributed by atoms with Gasteiger partial charge in [0.25, 0.3) is 0 Å². The van der Waals surface area contributed by atoms with Crippen LogP contribution in [0.15, 0.2) is 18.2 Å². The average Bonchev–Trinajstić information content (AvgIpc) is 2.45. The molecule has 6 nitrogen and oxygen atoms in total. The Balaban J connectivity index is 1.63. The van der Waals surface area contributed by atoms with Crippen LogP contribution < -0.4 is 9.47 Å². The zero-order chi connectivity index (χ0) is 14.7. The molecule has 0 radical (unpaired) electrons. The van der Waals surface area contributed by atoms with E-state index >= 15 is 0 Å². The topological polar surface area (TPSA) is 63.2 Å². The van der Waals surface area contributed by atoms with Crippen LogP contribution in [0.25, 0.3) is 0 Å². The predicted molar refractivity (Wildman–Crippen MR) is 72.9 cm³/mol. The quantitative estimate of drug-likeness (QED) is 0.584. The minimum Gasteiger partial charge on any atom is -0.481 e. The molecule has 1 fully saturated rings. The van der Waals surface area contributed by atoms with E-state index < -0.39 is 5.60 Å². The summed E-state index contributed by atoms with van der Waals surface area (Å²) in [6.07, 6.45) is 0.375. The Morgan fingerprint density at radius 3 is 2.86 bits per heavy atom. The number of rotatable bonds is 6. The Bertz CT molecular complexity index is 523. The number of hydrogen-bond acceptors (Lipinski definition) is 6. The highest BCUT2D eigenvalue weighted by Gasteiger charge is 2.46. The Kier molecular flexibility index (Phi) is 4.10. The van der Waals surface area contributed by atoms with E-state index in [0.29, 0.717) is 49.9 Å². The molecule has 3 rings (SSSR count). The lowest BCUT2D eigenvalue weighted by Gasteiger charge is -2.43. The monoisotopic (exact) mass is 294 g/mol. The molecular formula is C15H18O6. The second kappa shape index (κ2) is 6.01. The Morgan fingerprint density at radius 2 is 2.14 bits per heavy atom. The molecule has 0 atom stereocenters. The van der Waals surface area contributed by atoms with Crippen molar-refractivity contribution in [1.82, 2.24) is 0 Å². The van der Waals surface area contributed by atoms with E-state index in [2.05, 4.69) is 0 Å². The lowest BCUT2D eigenvalue weighted by atomic mass is 9.88. The summed E-state index contributed by atoms with van der Waals surface area (Å²) in [5.74, 6) is 1.25. The number of ether oxygens (including phenoxy) is 5. The number of Topliss-reactive ketones (excluding diaryl/α,β-unsaturated/α-hetero) is 1. The first-order valence-corrected chi connectivity index (χ1v) is 6.86. The van der Waals surface area contributed by atoms with Crippen molar-refractivity contribution in [2.75, 3.05) is 40.3 Å². The number of methoxy groups -OCH3 is 1. The van der Waals surface area contributed by atoms with E-state index in [-0.39, 0.29) is 12.6 Å². The van der Waals surface area contributed by atoms with Crippen LogP contribution >= 0.6 is 0 Å². The van der Waals surface area contributed by atoms with E-state index in [9.17, 15) is 4.79 Å². The molecule has 1 saturated heterocycles. The van der Waals surface area contributed by atoms with Crippen molar-refractivity contribution in [3.63, 3.8) is 0 Å². The molecule has 1 spiro atoms. The molecule has 2 aliphatic heterocycles. The minimum absolute atomic E-state index is 0.0856. The number of hydrogen-bond donors (Lipinski definition) is 0. The van der Waals surface area contributed by atoms with Crippen molar-refractivity contribution in [1.29, 1.82) is 0 Å². The van der Waals surface area contributed by atoms with Gasteiger partial charge in [0, 0.05) is 13.2 Å². The molecule has 0 amide bonds. The number of ketones is 1. The van der Waals surface area contributed by atoms with E-state index in [1.54, 1.807) is 25.3 Å². The molecular weight excluding hydrogens is 276 g/mol. The summed E-state index contributed by atoms with van der Waals surface area (Å²) >= 11 is 0. The average molecular weight is 294 g/mol. The maximum atomic E-state index is 12.1. The summed E-state index contributed by atoms with van der Waals surface area (Å²) in [6, 6.07) is 5.20. The highest BCUT2D eigenvalue weighted by Crippen LogP contribution is 2.39. The molecule has 21 heavy (non-hydrogen) atoms. The smallest absolute Gasteiger partial charge is 0.189 e. The van der Waals surface area contributed by atoms with Crippen LogP contribution in [0, 0.1) is 0 Å². The van der Waals surface area contributed by atoms with Gasteiger partial charge >= 0.3 is 0 Å². The highest BCUT2D eigenvalue weighted by atomic mass is 16.7. The predicted octanol–water partition coefficient (Wildman–Crippen LogP) is 1.42. The van der Waals surface area contributed by atoms with Crippen LogP contribution in [-0.4, -0.2) is 51.7 Å². The van der Waals surface area contributed by atoms with Gasteiger partial charge in [-0.2, -0.15) is 0 Å². The van der Waals surface area contributed by atoms with Gasteiger partial charge in [-0.1, -0.05) is 0 Å². The molecule has 1 aromatic rings. The molecule has 2 heterocycles. The fourth-order valence-corrected chi connectivity index (χ4v) is 2.37. The standard InChI is InChI=1S/C15H18O6/c1-17-4-5-18-10-20-11-2-3-12-13(16)7-15(8-19-9-15)21-14(12)6-11/h2-3,6H,4-5,7-10H2,1H3. The molecule has 0 unspecified atom stereocenters. The number of carbonyl (C=O) groups is 1. The van der Waals surface area contributed by atoms with Crippen molar-refractivity contribution in [3.05, 3.63) is 23.8 Å². The van der Waals surface area contributed by atoms with Crippen molar-refractivity contribution in [2.24, 2.45) is 0 Å². The summed E-state index contributed by atoms with van der Waals surface area (Å²) < 4.78 is 26.7. The third-order valence-corrected chi connectivity index (χ3v) is 3.53. The van der Waals surface area contributed by atoms with Gasteiger partial charge in [0.05, 0.1) is 38.4 Å². The molecule has 2 aliphatic rings. The fraction of sp³-hybridized carbons (Fsp3) is 0.533. The number of benzene rings is 1. The summed E-state index contributed by atoms with van der Waals surface area (Å²) in [7, 11) is 1.61. The molecule has 6 heteroatoms. The van der Waals surface area contributed by atoms with Crippen LogP contribution in [0.2, 0.25) is 0 Å². The van der Waals surface area contributed by atoms with Crippen molar-refractivity contribution in [2.45, 2.75) is 12.0 Å². The summed E-state index contributed by atoms with van der Waals surface area (Å²) in [6.45, 7) is 2.04. The molecule has 0 N–H and O–H groups in total. The molecule has 114 valence electrons. The van der Waals surface area contributed by atoms with Gasteiger partial charge in [-0.25, -0.2) is 0 Å². The summed E-state index contributed by atoms with van der Waals surface area (Å²) in [4.78, 5) is 12.1. The van der Waals surface area contributed by atoms with E-state index in [1.807, 2.05) is 0 Å². The van der Waals surface area contributed by atoms with E-state index in [0.717, 1.165) is 0 Å². The minimum atomic E-state index is -0.475. The van der Waals surface area contributed by atoms with Crippen LogP contribution in [0.4, 0.5) is 0 Å². The maximum Gasteiger partial charge on any atom is 0.189 e. The third-order valence-electron chi connectivity index (χ3n) is 3.53. The second-order valence-corrected chi connectivity index (χ2v) is 5.20. The van der Waals surface area contributed by atoms with Crippen molar-refractivity contribution in [3.8, 4) is 11.5 Å². The molecule has 0 bridgehead atoms. The first-order chi connectivity index (χ1) is 10.2. The summed E-state index contributed by atoms with van der Waals surface area (Å²) in [5, 5.41) is 0. The first-order valence-electron chi connectivity index (χ1n) is 6.86. The lowest BCUT2D eigenvalue weighted by molar-refractivity contribution is -0.162. The third kappa shape index (κ3) is 3.02. The van der Waals surface area contributed by atoms with Gasteiger partial charge in [-0.05, 0) is 12.1 Å². The lowest BCUT2D eigenvalue weighted by Crippen LogP contribution is -2.57. The largest absolute Gasteiger partial charge is 0.481 e. The molecule has 1 aromatic carbocycles. The van der Waals surface area contributed by atoms with Gasteiger partial charge in [0.2, 0.25) is 0 Å². The summed E-state index contributed by atoms with van der Waals surface area (Å²) in [5.41, 5.74) is 0.123. The van der Waals surface area contributed by atoms with Gasteiger partial charge in [0.15, 0.2) is 18.2 Å². The fourth-order valence-electron chi connectivity index (χ4n) is 2.37. The van der Waals surface area contributed by atoms with Crippen molar-refractivity contribution < 1.29 is 28.5 Å². The van der Waals surface area contributed by atoms with Crippen LogP contribution in [-0.2, 0) is 14.2 Å².